The average Bonchev–Trinajstić information content (AvgIpc) is 2.26. The van der Waals surface area contributed by atoms with Crippen molar-refractivity contribution in [2.45, 2.75) is 19.4 Å². The summed E-state index contributed by atoms with van der Waals surface area (Å²) in [5.74, 6) is -1.10. The zero-order valence-electron chi connectivity index (χ0n) is 9.37. The monoisotopic (exact) mass is 224 g/mol. The van der Waals surface area contributed by atoms with E-state index in [1.54, 1.807) is 14.0 Å². The van der Waals surface area contributed by atoms with Crippen molar-refractivity contribution >= 4 is 0 Å². The van der Waals surface area contributed by atoms with Crippen molar-refractivity contribution in [3.63, 3.8) is 0 Å². The van der Waals surface area contributed by atoms with E-state index < -0.39 is 11.6 Å². The number of halogens is 2. The second-order valence-electron chi connectivity index (χ2n) is 3.77. The highest BCUT2D eigenvalue weighted by atomic mass is 19.1. The zero-order chi connectivity index (χ0) is 12.1. The molecule has 1 unspecified atom stereocenters. The van der Waals surface area contributed by atoms with Gasteiger partial charge in [0.1, 0.15) is 11.6 Å². The Hall–Kier alpha value is -1.47. The highest BCUT2D eigenvalue weighted by molar-refractivity contribution is 5.18. The van der Waals surface area contributed by atoms with Crippen LogP contribution in [0.25, 0.3) is 0 Å². The zero-order valence-corrected chi connectivity index (χ0v) is 9.37. The van der Waals surface area contributed by atoms with Crippen LogP contribution in [0.5, 0.6) is 0 Å². The van der Waals surface area contributed by atoms with E-state index in [2.05, 4.69) is 6.07 Å². The molecule has 1 atom stereocenters. The predicted octanol–water partition coefficient (Wildman–Crippen LogP) is 2.35. The third kappa shape index (κ3) is 3.28. The molecule has 0 amide bonds. The molecule has 0 bridgehead atoms. The molecule has 0 saturated carbocycles. The molecular weight excluding hydrogens is 210 g/mol. The molecule has 16 heavy (non-hydrogen) atoms. The molecule has 1 rings (SSSR count). The maximum absolute atomic E-state index is 13.3. The van der Waals surface area contributed by atoms with Gasteiger partial charge in [-0.3, -0.25) is 4.90 Å². The van der Waals surface area contributed by atoms with Crippen LogP contribution >= 0.6 is 0 Å². The third-order valence-electron chi connectivity index (χ3n) is 2.60. The molecule has 0 aromatic heterocycles. The SMILES string of the molecule is CC(C#N)N(C)CCc1ccc(F)cc1F. The molecule has 86 valence electrons. The predicted molar refractivity (Wildman–Crippen MR) is 57.8 cm³/mol. The quantitative estimate of drug-likeness (QED) is 0.785. The van der Waals surface area contributed by atoms with E-state index in [1.807, 2.05) is 4.90 Å². The Labute approximate surface area is 94.1 Å². The average molecular weight is 224 g/mol. The smallest absolute Gasteiger partial charge is 0.129 e. The van der Waals surface area contributed by atoms with Crippen molar-refractivity contribution in [2.75, 3.05) is 13.6 Å². The van der Waals surface area contributed by atoms with Crippen molar-refractivity contribution in [1.82, 2.24) is 4.90 Å². The van der Waals surface area contributed by atoms with Crippen LogP contribution < -0.4 is 0 Å². The van der Waals surface area contributed by atoms with Crippen LogP contribution in [-0.4, -0.2) is 24.5 Å². The summed E-state index contributed by atoms with van der Waals surface area (Å²) in [5.41, 5.74) is 0.471. The van der Waals surface area contributed by atoms with Gasteiger partial charge in [-0.1, -0.05) is 6.07 Å². The van der Waals surface area contributed by atoms with Crippen molar-refractivity contribution < 1.29 is 8.78 Å². The second-order valence-corrected chi connectivity index (χ2v) is 3.77. The molecule has 0 fully saturated rings. The standard InChI is InChI=1S/C12H14F2N2/c1-9(8-15)16(2)6-5-10-3-4-11(13)7-12(10)14/h3-4,7,9H,5-6H2,1-2H3. The Bertz CT molecular complexity index is 398. The van der Waals surface area contributed by atoms with Gasteiger partial charge in [-0.2, -0.15) is 5.26 Å². The van der Waals surface area contributed by atoms with Crippen LogP contribution in [0.15, 0.2) is 18.2 Å². The van der Waals surface area contributed by atoms with Gasteiger partial charge < -0.3 is 0 Å². The first-order valence-electron chi connectivity index (χ1n) is 5.08. The summed E-state index contributed by atoms with van der Waals surface area (Å²) < 4.78 is 25.9. The molecule has 0 radical (unpaired) electrons. The van der Waals surface area contributed by atoms with Gasteiger partial charge in [0.25, 0.3) is 0 Å². The molecule has 0 aliphatic carbocycles. The van der Waals surface area contributed by atoms with Gasteiger partial charge in [-0.25, -0.2) is 8.78 Å². The van der Waals surface area contributed by atoms with Crippen LogP contribution in [0.3, 0.4) is 0 Å². The van der Waals surface area contributed by atoms with Crippen LogP contribution in [0.4, 0.5) is 8.78 Å². The topological polar surface area (TPSA) is 27.0 Å². The first kappa shape index (κ1) is 12.6. The minimum Gasteiger partial charge on any atom is -0.291 e. The Morgan fingerprint density at radius 3 is 2.69 bits per heavy atom. The van der Waals surface area contributed by atoms with E-state index in [-0.39, 0.29) is 6.04 Å². The Morgan fingerprint density at radius 1 is 1.44 bits per heavy atom. The number of benzene rings is 1. The lowest BCUT2D eigenvalue weighted by Gasteiger charge is -2.18. The Morgan fingerprint density at radius 2 is 2.12 bits per heavy atom. The maximum Gasteiger partial charge on any atom is 0.129 e. The van der Waals surface area contributed by atoms with Gasteiger partial charge >= 0.3 is 0 Å². The summed E-state index contributed by atoms with van der Waals surface area (Å²) in [6.45, 7) is 2.35. The first-order valence-corrected chi connectivity index (χ1v) is 5.08. The van der Waals surface area contributed by atoms with E-state index in [9.17, 15) is 8.78 Å². The highest BCUT2D eigenvalue weighted by Crippen LogP contribution is 2.10. The van der Waals surface area contributed by atoms with E-state index in [0.717, 1.165) is 6.07 Å². The van der Waals surface area contributed by atoms with Gasteiger partial charge in [-0.15, -0.1) is 0 Å². The Balaban J connectivity index is 2.59. The maximum atomic E-state index is 13.3. The third-order valence-corrected chi connectivity index (χ3v) is 2.60. The molecule has 0 heterocycles. The highest BCUT2D eigenvalue weighted by Gasteiger charge is 2.09. The number of rotatable bonds is 4. The largest absolute Gasteiger partial charge is 0.291 e. The summed E-state index contributed by atoms with van der Waals surface area (Å²) in [6.07, 6.45) is 0.467. The second kappa shape index (κ2) is 5.57. The van der Waals surface area contributed by atoms with Gasteiger partial charge in [0.05, 0.1) is 12.1 Å². The first-order chi connectivity index (χ1) is 7.54. The van der Waals surface area contributed by atoms with Crippen molar-refractivity contribution in [3.05, 3.63) is 35.4 Å². The number of nitrogens with zero attached hydrogens (tertiary/aromatic N) is 2. The van der Waals surface area contributed by atoms with Crippen LogP contribution in [-0.2, 0) is 6.42 Å². The number of hydrogen-bond donors (Lipinski definition) is 0. The fourth-order valence-corrected chi connectivity index (χ4v) is 1.31. The number of nitriles is 1. The molecule has 0 N–H and O–H groups in total. The molecule has 0 aliphatic heterocycles. The summed E-state index contributed by atoms with van der Waals surface area (Å²) in [7, 11) is 1.80. The molecular formula is C12H14F2N2. The fourth-order valence-electron chi connectivity index (χ4n) is 1.31. The van der Waals surface area contributed by atoms with Crippen molar-refractivity contribution in [3.8, 4) is 6.07 Å². The van der Waals surface area contributed by atoms with Crippen molar-refractivity contribution in [2.24, 2.45) is 0 Å². The summed E-state index contributed by atoms with van der Waals surface area (Å²) in [5, 5.41) is 8.68. The van der Waals surface area contributed by atoms with Gasteiger partial charge in [0.2, 0.25) is 0 Å². The van der Waals surface area contributed by atoms with Crippen LogP contribution in [0.1, 0.15) is 12.5 Å². The van der Waals surface area contributed by atoms with Crippen LogP contribution in [0, 0.1) is 23.0 Å². The van der Waals surface area contributed by atoms with E-state index >= 15 is 0 Å². The lowest BCUT2D eigenvalue weighted by atomic mass is 10.1. The molecule has 4 heteroatoms. The normalized spacial score (nSPS) is 12.5. The molecule has 2 nitrogen and oxygen atoms in total. The Kier molecular flexibility index (Phi) is 4.39. The van der Waals surface area contributed by atoms with Crippen LogP contribution in [0.2, 0.25) is 0 Å². The number of likely N-dealkylation sites (N-methyl/N-ethyl adjacent to an activating group) is 1. The van der Waals surface area contributed by atoms with Gasteiger partial charge in [0, 0.05) is 12.6 Å². The lowest BCUT2D eigenvalue weighted by Crippen LogP contribution is -2.29. The minimum absolute atomic E-state index is 0.205. The summed E-state index contributed by atoms with van der Waals surface area (Å²) in [6, 6.07) is 5.45. The fraction of sp³-hybridized carbons (Fsp3) is 0.417. The van der Waals surface area contributed by atoms with Gasteiger partial charge in [0.15, 0.2) is 0 Å². The summed E-state index contributed by atoms with van der Waals surface area (Å²) >= 11 is 0. The molecule has 1 aromatic carbocycles. The summed E-state index contributed by atoms with van der Waals surface area (Å²) in [4.78, 5) is 1.82. The van der Waals surface area contributed by atoms with Crippen molar-refractivity contribution in [1.29, 1.82) is 5.26 Å². The minimum atomic E-state index is -0.569. The lowest BCUT2D eigenvalue weighted by molar-refractivity contribution is 0.305. The number of hydrogen-bond acceptors (Lipinski definition) is 2. The molecule has 0 saturated heterocycles. The molecule has 0 aliphatic rings. The molecule has 1 aromatic rings. The van der Waals surface area contributed by atoms with E-state index in [1.165, 1.54) is 12.1 Å². The van der Waals surface area contributed by atoms with E-state index in [0.29, 0.717) is 18.5 Å². The molecule has 0 spiro atoms. The van der Waals surface area contributed by atoms with E-state index in [4.69, 9.17) is 5.26 Å². The van der Waals surface area contributed by atoms with Gasteiger partial charge in [-0.05, 0) is 32.0 Å².